The Labute approximate surface area is 124 Å². The van der Waals surface area contributed by atoms with Gasteiger partial charge < -0.3 is 15.2 Å². The Morgan fingerprint density at radius 3 is 3.05 bits per heavy atom. The summed E-state index contributed by atoms with van der Waals surface area (Å²) in [4.78, 5) is 12.2. The molecule has 0 spiro atoms. The maximum Gasteiger partial charge on any atom is 0.267 e. The van der Waals surface area contributed by atoms with Crippen molar-refractivity contribution in [3.8, 4) is 0 Å². The number of halogens is 1. The maximum absolute atomic E-state index is 12.2. The highest BCUT2D eigenvalue weighted by atomic mass is 35.5. The lowest BCUT2D eigenvalue weighted by Gasteiger charge is -2.14. The summed E-state index contributed by atoms with van der Waals surface area (Å²) in [6.45, 7) is 2.68. The largest absolute Gasteiger partial charge is 0.350 e. The average molecular weight is 294 g/mol. The molecule has 1 amide bonds. The van der Waals surface area contributed by atoms with E-state index in [1.165, 1.54) is 5.57 Å². The van der Waals surface area contributed by atoms with Crippen molar-refractivity contribution in [3.63, 3.8) is 0 Å². The molecule has 5 heteroatoms. The Bertz CT molecular complexity index is 531. The SMILES string of the molecule is O=C(NCCC1=CCNCC1)c1cc(Cl)cn1C1CC1. The number of aromatic nitrogens is 1. The van der Waals surface area contributed by atoms with Crippen LogP contribution in [0.2, 0.25) is 5.02 Å². The molecule has 3 rings (SSSR count). The molecular formula is C15H20ClN3O. The van der Waals surface area contributed by atoms with Crippen LogP contribution in [0.3, 0.4) is 0 Å². The van der Waals surface area contributed by atoms with Crippen LogP contribution >= 0.6 is 11.6 Å². The Balaban J connectivity index is 1.55. The Morgan fingerprint density at radius 1 is 1.50 bits per heavy atom. The van der Waals surface area contributed by atoms with E-state index in [4.69, 9.17) is 11.6 Å². The van der Waals surface area contributed by atoms with Crippen LogP contribution in [0.5, 0.6) is 0 Å². The monoisotopic (exact) mass is 293 g/mol. The molecule has 2 N–H and O–H groups in total. The van der Waals surface area contributed by atoms with E-state index in [-0.39, 0.29) is 5.91 Å². The normalized spacial score (nSPS) is 18.8. The molecule has 0 atom stereocenters. The molecule has 0 bridgehead atoms. The quantitative estimate of drug-likeness (QED) is 0.820. The molecule has 20 heavy (non-hydrogen) atoms. The van der Waals surface area contributed by atoms with E-state index < -0.39 is 0 Å². The third kappa shape index (κ3) is 3.25. The van der Waals surface area contributed by atoms with Crippen LogP contribution in [0.25, 0.3) is 0 Å². The van der Waals surface area contributed by atoms with Crippen molar-refractivity contribution in [1.82, 2.24) is 15.2 Å². The van der Waals surface area contributed by atoms with Gasteiger partial charge in [0.05, 0.1) is 5.02 Å². The zero-order valence-corrected chi connectivity index (χ0v) is 12.2. The van der Waals surface area contributed by atoms with Crippen molar-refractivity contribution >= 4 is 17.5 Å². The molecule has 2 heterocycles. The van der Waals surface area contributed by atoms with Gasteiger partial charge in [0.1, 0.15) is 5.69 Å². The van der Waals surface area contributed by atoms with Crippen LogP contribution in [0.1, 0.15) is 42.2 Å². The minimum Gasteiger partial charge on any atom is -0.350 e. The summed E-state index contributed by atoms with van der Waals surface area (Å²) >= 11 is 6.02. The maximum atomic E-state index is 12.2. The fourth-order valence-corrected chi connectivity index (χ4v) is 2.81. The van der Waals surface area contributed by atoms with Gasteiger partial charge in [-0.25, -0.2) is 0 Å². The van der Waals surface area contributed by atoms with E-state index in [1.807, 2.05) is 10.8 Å². The van der Waals surface area contributed by atoms with Gasteiger partial charge in [0.2, 0.25) is 0 Å². The van der Waals surface area contributed by atoms with E-state index >= 15 is 0 Å². The lowest BCUT2D eigenvalue weighted by molar-refractivity contribution is 0.0944. The number of nitrogens with one attached hydrogen (secondary N) is 2. The van der Waals surface area contributed by atoms with Crippen molar-refractivity contribution in [2.24, 2.45) is 0 Å². The smallest absolute Gasteiger partial charge is 0.267 e. The number of hydrogen-bond acceptors (Lipinski definition) is 2. The van der Waals surface area contributed by atoms with Crippen molar-refractivity contribution in [1.29, 1.82) is 0 Å². The van der Waals surface area contributed by atoms with Gasteiger partial charge in [-0.15, -0.1) is 0 Å². The van der Waals surface area contributed by atoms with Gasteiger partial charge in [-0.05, 0) is 38.3 Å². The van der Waals surface area contributed by atoms with Crippen LogP contribution < -0.4 is 10.6 Å². The third-order valence-electron chi connectivity index (χ3n) is 3.88. The third-order valence-corrected chi connectivity index (χ3v) is 4.08. The summed E-state index contributed by atoms with van der Waals surface area (Å²) in [5, 5.41) is 6.93. The molecule has 1 saturated carbocycles. The van der Waals surface area contributed by atoms with E-state index in [2.05, 4.69) is 16.7 Å². The van der Waals surface area contributed by atoms with Crippen LogP contribution in [-0.4, -0.2) is 30.1 Å². The van der Waals surface area contributed by atoms with E-state index in [0.29, 0.717) is 23.3 Å². The molecular weight excluding hydrogens is 274 g/mol. The Kier molecular flexibility index (Phi) is 4.13. The summed E-state index contributed by atoms with van der Waals surface area (Å²) in [7, 11) is 0. The first-order valence-electron chi connectivity index (χ1n) is 7.28. The molecule has 0 aromatic carbocycles. The van der Waals surface area contributed by atoms with Crippen LogP contribution in [0.15, 0.2) is 23.9 Å². The van der Waals surface area contributed by atoms with Gasteiger partial charge >= 0.3 is 0 Å². The summed E-state index contributed by atoms with van der Waals surface area (Å²) in [6.07, 6.45) is 8.39. The molecule has 1 aliphatic heterocycles. The molecule has 0 saturated heterocycles. The number of hydrogen-bond donors (Lipinski definition) is 2. The second-order valence-corrected chi connectivity index (χ2v) is 5.94. The zero-order chi connectivity index (χ0) is 13.9. The highest BCUT2D eigenvalue weighted by Crippen LogP contribution is 2.37. The van der Waals surface area contributed by atoms with Gasteiger partial charge in [-0.1, -0.05) is 23.3 Å². The Hall–Kier alpha value is -1.26. The fourth-order valence-electron chi connectivity index (χ4n) is 2.61. The predicted molar refractivity (Wildman–Crippen MR) is 80.2 cm³/mol. The number of amides is 1. The lowest BCUT2D eigenvalue weighted by Crippen LogP contribution is -2.28. The first kappa shape index (κ1) is 13.7. The molecule has 1 aromatic rings. The van der Waals surface area contributed by atoms with E-state index in [9.17, 15) is 4.79 Å². The van der Waals surface area contributed by atoms with Crippen molar-refractivity contribution in [3.05, 3.63) is 34.6 Å². The number of carbonyl (C=O) groups excluding carboxylic acids is 1. The molecule has 108 valence electrons. The molecule has 0 unspecified atom stereocenters. The fraction of sp³-hybridized carbons (Fsp3) is 0.533. The van der Waals surface area contributed by atoms with Crippen LogP contribution in [-0.2, 0) is 0 Å². The molecule has 1 aliphatic carbocycles. The first-order valence-corrected chi connectivity index (χ1v) is 7.66. The van der Waals surface area contributed by atoms with Gasteiger partial charge in [0.15, 0.2) is 0 Å². The van der Waals surface area contributed by atoms with Crippen molar-refractivity contribution < 1.29 is 4.79 Å². The minimum atomic E-state index is -0.0154. The van der Waals surface area contributed by atoms with Crippen LogP contribution in [0, 0.1) is 0 Å². The summed E-state index contributed by atoms with van der Waals surface area (Å²) < 4.78 is 2.02. The second kappa shape index (κ2) is 6.02. The number of carbonyl (C=O) groups is 1. The Morgan fingerprint density at radius 2 is 2.35 bits per heavy atom. The number of nitrogens with zero attached hydrogens (tertiary/aromatic N) is 1. The summed E-state index contributed by atoms with van der Waals surface area (Å²) in [6, 6.07) is 2.23. The molecule has 4 nitrogen and oxygen atoms in total. The number of rotatable bonds is 5. The average Bonchev–Trinajstić information content (AvgIpc) is 3.22. The highest BCUT2D eigenvalue weighted by Gasteiger charge is 2.27. The van der Waals surface area contributed by atoms with Crippen LogP contribution in [0.4, 0.5) is 0 Å². The van der Waals surface area contributed by atoms with Gasteiger partial charge in [-0.3, -0.25) is 4.79 Å². The van der Waals surface area contributed by atoms with Gasteiger partial charge in [0, 0.05) is 25.3 Å². The lowest BCUT2D eigenvalue weighted by atomic mass is 10.1. The summed E-state index contributed by atoms with van der Waals surface area (Å²) in [5.74, 6) is -0.0154. The van der Waals surface area contributed by atoms with E-state index in [1.54, 1.807) is 6.07 Å². The standard InChI is InChI=1S/C15H20ClN3O/c16-12-9-14(19(10-12)13-1-2-13)15(20)18-8-5-11-3-6-17-7-4-11/h3,9-10,13,17H,1-2,4-8H2,(H,18,20). The van der Waals surface area contributed by atoms with Gasteiger partial charge in [-0.2, -0.15) is 0 Å². The molecule has 0 radical (unpaired) electrons. The van der Waals surface area contributed by atoms with Crippen molar-refractivity contribution in [2.45, 2.75) is 31.7 Å². The van der Waals surface area contributed by atoms with Gasteiger partial charge in [0.25, 0.3) is 5.91 Å². The van der Waals surface area contributed by atoms with Crippen molar-refractivity contribution in [2.75, 3.05) is 19.6 Å². The van der Waals surface area contributed by atoms with E-state index in [0.717, 1.165) is 38.8 Å². The predicted octanol–water partition coefficient (Wildman–Crippen LogP) is 2.52. The molecule has 1 fully saturated rings. The molecule has 2 aliphatic rings. The highest BCUT2D eigenvalue weighted by molar-refractivity contribution is 6.31. The molecule has 1 aromatic heterocycles. The minimum absolute atomic E-state index is 0.0154. The zero-order valence-electron chi connectivity index (χ0n) is 11.5. The second-order valence-electron chi connectivity index (χ2n) is 5.50. The first-order chi connectivity index (χ1) is 9.74. The topological polar surface area (TPSA) is 46.1 Å². The summed E-state index contributed by atoms with van der Waals surface area (Å²) in [5.41, 5.74) is 2.12.